The zero-order valence-corrected chi connectivity index (χ0v) is 15.7. The molecule has 1 heterocycles. The van der Waals surface area contributed by atoms with E-state index in [1.807, 2.05) is 13.0 Å². The van der Waals surface area contributed by atoms with E-state index in [1.54, 1.807) is 48.5 Å². The van der Waals surface area contributed by atoms with Crippen LogP contribution in [0.5, 0.6) is 0 Å². The summed E-state index contributed by atoms with van der Waals surface area (Å²) in [5.74, 6) is -2.19. The summed E-state index contributed by atoms with van der Waals surface area (Å²) in [5, 5.41) is 10.9. The number of Topliss-reactive ketones (excluding diaryl/α,β-unsaturated/α-hetero) is 1. The Labute approximate surface area is 167 Å². The van der Waals surface area contributed by atoms with Gasteiger partial charge < -0.3 is 5.11 Å². The quantitative estimate of drug-likeness (QED) is 0.400. The highest BCUT2D eigenvalue weighted by Gasteiger charge is 2.46. The molecule has 3 aromatic rings. The third kappa shape index (κ3) is 3.31. The number of benzene rings is 3. The molecular formula is C24H18FNO3. The van der Waals surface area contributed by atoms with Crippen LogP contribution in [-0.2, 0) is 9.59 Å². The molecule has 5 heteroatoms. The number of carbonyl (C=O) groups is 2. The lowest BCUT2D eigenvalue weighted by Gasteiger charge is -2.25. The van der Waals surface area contributed by atoms with E-state index in [4.69, 9.17) is 0 Å². The molecule has 1 saturated heterocycles. The molecule has 1 atom stereocenters. The minimum Gasteiger partial charge on any atom is -0.507 e. The van der Waals surface area contributed by atoms with Crippen molar-refractivity contribution in [1.29, 1.82) is 0 Å². The van der Waals surface area contributed by atoms with Crippen molar-refractivity contribution in [3.63, 3.8) is 0 Å². The molecule has 0 unspecified atom stereocenters. The molecule has 4 nitrogen and oxygen atoms in total. The molecule has 4 rings (SSSR count). The second kappa shape index (κ2) is 7.36. The normalized spacial score (nSPS) is 18.3. The zero-order chi connectivity index (χ0) is 20.5. The molecule has 0 aromatic heterocycles. The molecule has 3 aromatic carbocycles. The molecule has 0 bridgehead atoms. The Hall–Kier alpha value is -3.73. The minimum atomic E-state index is -0.863. The third-order valence-electron chi connectivity index (χ3n) is 4.96. The number of nitrogens with zero attached hydrogens (tertiary/aromatic N) is 1. The number of aliphatic hydroxyl groups excluding tert-OH is 1. The maximum absolute atomic E-state index is 13.5. The molecule has 1 fully saturated rings. The first-order valence-corrected chi connectivity index (χ1v) is 9.16. The molecular weight excluding hydrogens is 369 g/mol. The number of rotatable bonds is 3. The Morgan fingerprint density at radius 1 is 0.931 bits per heavy atom. The summed E-state index contributed by atoms with van der Waals surface area (Å²) in [6.45, 7) is 1.89. The summed E-state index contributed by atoms with van der Waals surface area (Å²) in [7, 11) is 0. The van der Waals surface area contributed by atoms with Crippen molar-refractivity contribution in [2.75, 3.05) is 4.90 Å². The highest BCUT2D eigenvalue weighted by Crippen LogP contribution is 2.42. The van der Waals surface area contributed by atoms with Gasteiger partial charge in [0.2, 0.25) is 0 Å². The first-order chi connectivity index (χ1) is 14.0. The number of hydrogen-bond donors (Lipinski definition) is 1. The first kappa shape index (κ1) is 18.6. The lowest BCUT2D eigenvalue weighted by Crippen LogP contribution is -2.29. The van der Waals surface area contributed by atoms with E-state index in [2.05, 4.69) is 0 Å². The summed E-state index contributed by atoms with van der Waals surface area (Å²) in [4.78, 5) is 27.3. The molecule has 1 aliphatic heterocycles. The van der Waals surface area contributed by atoms with Gasteiger partial charge in [-0.25, -0.2) is 4.39 Å². The number of ketones is 1. The van der Waals surface area contributed by atoms with Crippen LogP contribution in [0.3, 0.4) is 0 Å². The van der Waals surface area contributed by atoms with Crippen LogP contribution in [0.2, 0.25) is 0 Å². The van der Waals surface area contributed by atoms with Crippen molar-refractivity contribution in [2.45, 2.75) is 13.0 Å². The number of amides is 1. The maximum atomic E-state index is 13.5. The molecule has 144 valence electrons. The summed E-state index contributed by atoms with van der Waals surface area (Å²) in [5.41, 5.74) is 2.40. The number of aliphatic hydroxyl groups is 1. The Bertz CT molecular complexity index is 1120. The summed E-state index contributed by atoms with van der Waals surface area (Å²) in [6, 6.07) is 20.5. The van der Waals surface area contributed by atoms with Crippen LogP contribution in [0.1, 0.15) is 22.7 Å². The first-order valence-electron chi connectivity index (χ1n) is 9.16. The van der Waals surface area contributed by atoms with Crippen molar-refractivity contribution >= 4 is 23.1 Å². The summed E-state index contributed by atoms with van der Waals surface area (Å²) < 4.78 is 13.5. The van der Waals surface area contributed by atoms with Gasteiger partial charge in [0.1, 0.15) is 11.6 Å². The van der Waals surface area contributed by atoms with Crippen molar-refractivity contribution in [3.05, 3.63) is 107 Å². The summed E-state index contributed by atoms with van der Waals surface area (Å²) >= 11 is 0. The second-order valence-corrected chi connectivity index (χ2v) is 6.93. The fourth-order valence-electron chi connectivity index (χ4n) is 3.59. The average Bonchev–Trinajstić information content (AvgIpc) is 2.99. The van der Waals surface area contributed by atoms with E-state index in [0.717, 1.165) is 5.56 Å². The van der Waals surface area contributed by atoms with E-state index in [0.29, 0.717) is 16.8 Å². The standard InChI is InChI=1S/C24H18FNO3/c1-15-6-5-9-19(14-15)26-21(16-10-12-18(25)13-11-16)20(23(28)24(26)29)22(27)17-7-3-2-4-8-17/h2-14,21,27H,1H3/b22-20+/t21-/m0/s1. The minimum absolute atomic E-state index is 0.0192. The van der Waals surface area contributed by atoms with Crippen LogP contribution in [-0.4, -0.2) is 16.8 Å². The molecule has 0 aliphatic carbocycles. The van der Waals surface area contributed by atoms with E-state index in [9.17, 15) is 19.1 Å². The van der Waals surface area contributed by atoms with Gasteiger partial charge >= 0.3 is 0 Å². The van der Waals surface area contributed by atoms with E-state index in [1.165, 1.54) is 29.2 Å². The van der Waals surface area contributed by atoms with Gasteiger partial charge in [-0.1, -0.05) is 54.6 Å². The number of halogens is 1. The molecule has 1 amide bonds. The lowest BCUT2D eigenvalue weighted by atomic mass is 9.95. The van der Waals surface area contributed by atoms with Crippen LogP contribution in [0.25, 0.3) is 5.76 Å². The predicted molar refractivity (Wildman–Crippen MR) is 109 cm³/mol. The van der Waals surface area contributed by atoms with Gasteiger partial charge in [0.25, 0.3) is 11.7 Å². The summed E-state index contributed by atoms with van der Waals surface area (Å²) in [6.07, 6.45) is 0. The van der Waals surface area contributed by atoms with Crippen LogP contribution in [0, 0.1) is 12.7 Å². The monoisotopic (exact) mass is 387 g/mol. The highest BCUT2D eigenvalue weighted by molar-refractivity contribution is 6.51. The molecule has 0 saturated carbocycles. The van der Waals surface area contributed by atoms with Gasteiger partial charge in [-0.15, -0.1) is 0 Å². The number of hydrogen-bond acceptors (Lipinski definition) is 3. The van der Waals surface area contributed by atoms with E-state index >= 15 is 0 Å². The zero-order valence-electron chi connectivity index (χ0n) is 15.7. The molecule has 0 radical (unpaired) electrons. The highest BCUT2D eigenvalue weighted by atomic mass is 19.1. The largest absolute Gasteiger partial charge is 0.507 e. The maximum Gasteiger partial charge on any atom is 0.300 e. The van der Waals surface area contributed by atoms with E-state index < -0.39 is 23.5 Å². The van der Waals surface area contributed by atoms with Gasteiger partial charge in [-0.3, -0.25) is 14.5 Å². The third-order valence-corrected chi connectivity index (χ3v) is 4.96. The van der Waals surface area contributed by atoms with Gasteiger partial charge in [0, 0.05) is 11.3 Å². The molecule has 0 spiro atoms. The fraction of sp³-hybridized carbons (Fsp3) is 0.0833. The average molecular weight is 387 g/mol. The lowest BCUT2D eigenvalue weighted by molar-refractivity contribution is -0.132. The molecule has 1 N–H and O–H groups in total. The van der Waals surface area contributed by atoms with Crippen molar-refractivity contribution in [3.8, 4) is 0 Å². The van der Waals surface area contributed by atoms with Gasteiger partial charge in [0.05, 0.1) is 11.6 Å². The smallest absolute Gasteiger partial charge is 0.300 e. The predicted octanol–water partition coefficient (Wildman–Crippen LogP) is 4.76. The Morgan fingerprint density at radius 3 is 2.28 bits per heavy atom. The number of carbonyl (C=O) groups excluding carboxylic acids is 2. The Kier molecular flexibility index (Phi) is 4.72. The molecule has 1 aliphatic rings. The second-order valence-electron chi connectivity index (χ2n) is 6.93. The van der Waals surface area contributed by atoms with Crippen LogP contribution < -0.4 is 4.90 Å². The van der Waals surface area contributed by atoms with Crippen molar-refractivity contribution in [1.82, 2.24) is 0 Å². The van der Waals surface area contributed by atoms with Crippen LogP contribution in [0.15, 0.2) is 84.4 Å². The van der Waals surface area contributed by atoms with Gasteiger partial charge in [-0.05, 0) is 42.3 Å². The van der Waals surface area contributed by atoms with Crippen LogP contribution in [0.4, 0.5) is 10.1 Å². The Balaban J connectivity index is 1.96. The van der Waals surface area contributed by atoms with Gasteiger partial charge in [0.15, 0.2) is 0 Å². The SMILES string of the molecule is Cc1cccc(N2C(=O)C(=O)/C(=C(/O)c3ccccc3)[C@@H]2c2ccc(F)cc2)c1. The fourth-order valence-corrected chi connectivity index (χ4v) is 3.59. The van der Waals surface area contributed by atoms with Crippen LogP contribution >= 0.6 is 0 Å². The van der Waals surface area contributed by atoms with Crippen molar-refractivity contribution < 1.29 is 19.1 Å². The van der Waals surface area contributed by atoms with Crippen molar-refractivity contribution in [2.24, 2.45) is 0 Å². The molecule has 29 heavy (non-hydrogen) atoms. The van der Waals surface area contributed by atoms with Gasteiger partial charge in [-0.2, -0.15) is 0 Å². The number of aryl methyl sites for hydroxylation is 1. The van der Waals surface area contributed by atoms with E-state index in [-0.39, 0.29) is 11.3 Å². The number of anilines is 1. The topological polar surface area (TPSA) is 57.6 Å². The Morgan fingerprint density at radius 2 is 1.62 bits per heavy atom.